The third-order valence-electron chi connectivity index (χ3n) is 0.993. The summed E-state index contributed by atoms with van der Waals surface area (Å²) in [6.07, 6.45) is 0. The van der Waals surface area contributed by atoms with Crippen LogP contribution in [0.2, 0.25) is 0 Å². The van der Waals surface area contributed by atoms with Gasteiger partial charge in [-0.3, -0.25) is 5.73 Å². The largest absolute Gasteiger partial charge is 0.479 e. The summed E-state index contributed by atoms with van der Waals surface area (Å²) in [4.78, 5) is 0. The van der Waals surface area contributed by atoms with Crippen LogP contribution < -0.4 is 10.5 Å². The summed E-state index contributed by atoms with van der Waals surface area (Å²) in [5.41, 5.74) is 5.14. The molecule has 0 aliphatic heterocycles. The topological polar surface area (TPSA) is 35.2 Å². The van der Waals surface area contributed by atoms with E-state index >= 15 is 0 Å². The first kappa shape index (κ1) is 6.11. The minimum atomic E-state index is 0.240. The van der Waals surface area contributed by atoms with E-state index in [0.29, 0.717) is 0 Å². The van der Waals surface area contributed by atoms with Crippen molar-refractivity contribution in [3.63, 3.8) is 0 Å². The molecule has 0 aromatic heterocycles. The van der Waals surface area contributed by atoms with Crippen molar-refractivity contribution in [2.75, 3.05) is 6.73 Å². The van der Waals surface area contributed by atoms with Crippen LogP contribution in [0, 0.1) is 0 Å². The van der Waals surface area contributed by atoms with Crippen LogP contribution in [0.25, 0.3) is 0 Å². The number of nitrogens with two attached hydrogens (primary N) is 1. The smallest absolute Gasteiger partial charge is 0.137 e. The van der Waals surface area contributed by atoms with Crippen LogP contribution in [0.15, 0.2) is 30.3 Å². The second kappa shape index (κ2) is 3.10. The van der Waals surface area contributed by atoms with Gasteiger partial charge in [0.25, 0.3) is 0 Å². The number of hydrogen-bond acceptors (Lipinski definition) is 2. The van der Waals surface area contributed by atoms with Gasteiger partial charge in [-0.1, -0.05) is 18.2 Å². The number of hydrogen-bond donors (Lipinski definition) is 1. The molecular formula is C7H9NO. The van der Waals surface area contributed by atoms with Crippen molar-refractivity contribution in [1.29, 1.82) is 0 Å². The normalized spacial score (nSPS) is 9.00. The standard InChI is InChI=1S/C7H9NO/c8-6-9-7-4-2-1-3-5-7/h1-5H,6,8H2. The summed E-state index contributed by atoms with van der Waals surface area (Å²) in [5, 5.41) is 0. The summed E-state index contributed by atoms with van der Waals surface area (Å²) in [7, 11) is 0. The highest BCUT2D eigenvalue weighted by molar-refractivity contribution is 5.20. The number of benzene rings is 1. The maximum absolute atomic E-state index is 5.14. The molecule has 2 nitrogen and oxygen atoms in total. The average molecular weight is 123 g/mol. The molecule has 0 amide bonds. The Labute approximate surface area is 54.2 Å². The molecule has 0 spiro atoms. The van der Waals surface area contributed by atoms with Crippen molar-refractivity contribution in [2.24, 2.45) is 5.73 Å². The van der Waals surface area contributed by atoms with E-state index in [1.807, 2.05) is 30.3 Å². The molecule has 2 N–H and O–H groups in total. The predicted molar refractivity (Wildman–Crippen MR) is 36.1 cm³/mol. The molecule has 0 fully saturated rings. The molecule has 0 heterocycles. The Balaban J connectivity index is 2.61. The first-order valence-corrected chi connectivity index (χ1v) is 2.81. The first-order chi connectivity index (χ1) is 4.43. The van der Waals surface area contributed by atoms with Crippen LogP contribution in [0.3, 0.4) is 0 Å². The van der Waals surface area contributed by atoms with Crippen LogP contribution in [0.4, 0.5) is 0 Å². The molecular weight excluding hydrogens is 114 g/mol. The number of rotatable bonds is 2. The van der Waals surface area contributed by atoms with Crippen LogP contribution in [0.1, 0.15) is 0 Å². The van der Waals surface area contributed by atoms with Crippen molar-refractivity contribution in [2.45, 2.75) is 0 Å². The predicted octanol–water partition coefficient (Wildman–Crippen LogP) is 0.982. The zero-order valence-corrected chi connectivity index (χ0v) is 5.08. The lowest BCUT2D eigenvalue weighted by molar-refractivity contribution is 0.329. The highest BCUT2D eigenvalue weighted by Gasteiger charge is 1.83. The maximum atomic E-state index is 5.14. The Hall–Kier alpha value is -1.02. The maximum Gasteiger partial charge on any atom is 0.137 e. The van der Waals surface area contributed by atoms with Crippen molar-refractivity contribution in [1.82, 2.24) is 0 Å². The molecule has 1 aromatic carbocycles. The third kappa shape index (κ3) is 1.74. The molecule has 1 aromatic rings. The zero-order chi connectivity index (χ0) is 6.53. The van der Waals surface area contributed by atoms with Gasteiger partial charge in [-0.15, -0.1) is 0 Å². The lowest BCUT2D eigenvalue weighted by Crippen LogP contribution is -2.06. The van der Waals surface area contributed by atoms with E-state index < -0.39 is 0 Å². The van der Waals surface area contributed by atoms with Gasteiger partial charge in [0.15, 0.2) is 0 Å². The van der Waals surface area contributed by atoms with Gasteiger partial charge in [-0.25, -0.2) is 0 Å². The van der Waals surface area contributed by atoms with E-state index in [9.17, 15) is 0 Å². The minimum Gasteiger partial charge on any atom is -0.479 e. The van der Waals surface area contributed by atoms with E-state index in [1.54, 1.807) is 0 Å². The Morgan fingerprint density at radius 2 is 1.89 bits per heavy atom. The molecule has 2 heteroatoms. The van der Waals surface area contributed by atoms with Crippen LogP contribution in [-0.2, 0) is 0 Å². The minimum absolute atomic E-state index is 0.240. The fourth-order valence-corrected chi connectivity index (χ4v) is 0.613. The SMILES string of the molecule is NCOc1ccccc1. The summed E-state index contributed by atoms with van der Waals surface area (Å²) < 4.78 is 4.98. The molecule has 0 aliphatic rings. The Morgan fingerprint density at radius 1 is 1.22 bits per heavy atom. The molecule has 0 aliphatic carbocycles. The summed E-state index contributed by atoms with van der Waals surface area (Å²) in [6, 6.07) is 9.49. The monoisotopic (exact) mass is 123 g/mol. The average Bonchev–Trinajstić information content (AvgIpc) is 1.91. The fourth-order valence-electron chi connectivity index (χ4n) is 0.613. The van der Waals surface area contributed by atoms with Crippen LogP contribution in [0.5, 0.6) is 5.75 Å². The molecule has 0 radical (unpaired) electrons. The van der Waals surface area contributed by atoms with E-state index in [2.05, 4.69) is 0 Å². The summed E-state index contributed by atoms with van der Waals surface area (Å²) >= 11 is 0. The molecule has 0 atom stereocenters. The summed E-state index contributed by atoms with van der Waals surface area (Å²) in [6.45, 7) is 0.240. The summed E-state index contributed by atoms with van der Waals surface area (Å²) in [5.74, 6) is 0.819. The molecule has 0 bridgehead atoms. The van der Waals surface area contributed by atoms with Gasteiger partial charge in [-0.05, 0) is 12.1 Å². The molecule has 0 unspecified atom stereocenters. The first-order valence-electron chi connectivity index (χ1n) is 2.81. The van der Waals surface area contributed by atoms with Crippen molar-refractivity contribution in [3.05, 3.63) is 30.3 Å². The van der Waals surface area contributed by atoms with E-state index in [-0.39, 0.29) is 6.73 Å². The van der Waals surface area contributed by atoms with E-state index in [4.69, 9.17) is 10.5 Å². The van der Waals surface area contributed by atoms with Crippen molar-refractivity contribution >= 4 is 0 Å². The van der Waals surface area contributed by atoms with E-state index in [1.165, 1.54) is 0 Å². The van der Waals surface area contributed by atoms with Gasteiger partial charge >= 0.3 is 0 Å². The third-order valence-corrected chi connectivity index (χ3v) is 0.993. The van der Waals surface area contributed by atoms with Crippen LogP contribution in [-0.4, -0.2) is 6.73 Å². The fraction of sp³-hybridized carbons (Fsp3) is 0.143. The van der Waals surface area contributed by atoms with Gasteiger partial charge in [0.1, 0.15) is 12.5 Å². The van der Waals surface area contributed by atoms with Gasteiger partial charge in [0.2, 0.25) is 0 Å². The van der Waals surface area contributed by atoms with Gasteiger partial charge < -0.3 is 4.74 Å². The quantitative estimate of drug-likeness (QED) is 0.595. The van der Waals surface area contributed by atoms with Gasteiger partial charge in [-0.2, -0.15) is 0 Å². The molecule has 1 rings (SSSR count). The molecule has 9 heavy (non-hydrogen) atoms. The second-order valence-corrected chi connectivity index (χ2v) is 1.62. The van der Waals surface area contributed by atoms with Crippen molar-refractivity contribution in [3.8, 4) is 5.75 Å². The van der Waals surface area contributed by atoms with Crippen LogP contribution >= 0.6 is 0 Å². The molecule has 0 saturated carbocycles. The highest BCUT2D eigenvalue weighted by atomic mass is 16.5. The van der Waals surface area contributed by atoms with E-state index in [0.717, 1.165) is 5.75 Å². The lowest BCUT2D eigenvalue weighted by atomic mass is 10.3. The van der Waals surface area contributed by atoms with Crippen molar-refractivity contribution < 1.29 is 4.74 Å². The zero-order valence-electron chi connectivity index (χ0n) is 5.08. The number of para-hydroxylation sites is 1. The van der Waals surface area contributed by atoms with Gasteiger partial charge in [0, 0.05) is 0 Å². The Bertz CT molecular complexity index is 162. The molecule has 0 saturated heterocycles. The van der Waals surface area contributed by atoms with Gasteiger partial charge in [0.05, 0.1) is 0 Å². The molecule has 48 valence electrons. The second-order valence-electron chi connectivity index (χ2n) is 1.62. The Morgan fingerprint density at radius 3 is 2.44 bits per heavy atom. The number of ether oxygens (including phenoxy) is 1. The Kier molecular flexibility index (Phi) is 2.10. The highest BCUT2D eigenvalue weighted by Crippen LogP contribution is 2.06. The lowest BCUT2D eigenvalue weighted by Gasteiger charge is -1.98.